The summed E-state index contributed by atoms with van der Waals surface area (Å²) in [6, 6.07) is 0. The smallest absolute Gasteiger partial charge is 0.0678 e. The summed E-state index contributed by atoms with van der Waals surface area (Å²) in [6.07, 6.45) is 5.34. The maximum absolute atomic E-state index is 8.81. The number of allylic oxidation sites excluding steroid dienone is 2. The van der Waals surface area contributed by atoms with Gasteiger partial charge in [-0.25, -0.2) is 0 Å². The van der Waals surface area contributed by atoms with Crippen molar-refractivity contribution in [2.24, 2.45) is 5.92 Å². The van der Waals surface area contributed by atoms with E-state index in [0.29, 0.717) is 5.92 Å². The van der Waals surface area contributed by atoms with Crippen LogP contribution >= 0.6 is 0 Å². The molecule has 0 aromatic heterocycles. The molecule has 56 valence electrons. The molecule has 0 saturated carbocycles. The fraction of sp³-hybridized carbons (Fsp3) is 0.556. The number of aliphatic hydroxyl groups excluding tert-OH is 1. The second-order valence-electron chi connectivity index (χ2n) is 3.07. The lowest BCUT2D eigenvalue weighted by Crippen LogP contribution is -2.01. The Kier molecular flexibility index (Phi) is 2.28. The number of aliphatic hydroxyl groups is 1. The third-order valence-electron chi connectivity index (χ3n) is 1.76. The van der Waals surface area contributed by atoms with Crippen LogP contribution in [0.2, 0.25) is 0 Å². The van der Waals surface area contributed by atoms with Gasteiger partial charge in [-0.1, -0.05) is 24.6 Å². The normalized spacial score (nSPS) is 25.7. The van der Waals surface area contributed by atoms with Crippen LogP contribution in [0.5, 0.6) is 0 Å². The van der Waals surface area contributed by atoms with Crippen LogP contribution in [0.4, 0.5) is 0 Å². The fourth-order valence-corrected chi connectivity index (χ4v) is 1.45. The average Bonchev–Trinajstić information content (AvgIpc) is 1.85. The highest BCUT2D eigenvalue weighted by atomic mass is 16.3. The first-order chi connectivity index (χ1) is 4.72. The van der Waals surface area contributed by atoms with Crippen LogP contribution in [0.1, 0.15) is 20.3 Å². The Labute approximate surface area is 62.1 Å². The topological polar surface area (TPSA) is 20.2 Å². The molecule has 1 heteroatoms. The van der Waals surface area contributed by atoms with Gasteiger partial charge in [-0.3, -0.25) is 0 Å². The number of hydrogen-bond acceptors (Lipinski definition) is 1. The van der Waals surface area contributed by atoms with E-state index in [1.807, 2.05) is 0 Å². The summed E-state index contributed by atoms with van der Waals surface area (Å²) in [5.41, 5.74) is 2.44. The molecule has 10 heavy (non-hydrogen) atoms. The highest BCUT2D eigenvalue weighted by Crippen LogP contribution is 2.21. The third-order valence-corrected chi connectivity index (χ3v) is 1.76. The van der Waals surface area contributed by atoms with Gasteiger partial charge >= 0.3 is 0 Å². The van der Waals surface area contributed by atoms with Crippen LogP contribution < -0.4 is 0 Å². The zero-order valence-electron chi connectivity index (χ0n) is 6.59. The van der Waals surface area contributed by atoms with E-state index < -0.39 is 0 Å². The van der Waals surface area contributed by atoms with Gasteiger partial charge in [-0.2, -0.15) is 0 Å². The molecule has 0 spiro atoms. The SMILES string of the molecule is CC1=CC(CO)=CC(C)C1. The van der Waals surface area contributed by atoms with E-state index in [0.717, 1.165) is 12.0 Å². The second kappa shape index (κ2) is 3.02. The Morgan fingerprint density at radius 3 is 2.90 bits per heavy atom. The molecule has 0 radical (unpaired) electrons. The van der Waals surface area contributed by atoms with Crippen molar-refractivity contribution in [3.8, 4) is 0 Å². The average molecular weight is 138 g/mol. The molecule has 0 amide bonds. The molecule has 1 unspecified atom stereocenters. The molecule has 0 saturated heterocycles. The second-order valence-corrected chi connectivity index (χ2v) is 3.07. The predicted molar refractivity (Wildman–Crippen MR) is 42.7 cm³/mol. The van der Waals surface area contributed by atoms with Gasteiger partial charge in [-0.15, -0.1) is 0 Å². The monoisotopic (exact) mass is 138 g/mol. The van der Waals surface area contributed by atoms with E-state index >= 15 is 0 Å². The lowest BCUT2D eigenvalue weighted by Gasteiger charge is -2.14. The van der Waals surface area contributed by atoms with E-state index in [1.165, 1.54) is 5.57 Å². The van der Waals surface area contributed by atoms with Gasteiger partial charge in [0.15, 0.2) is 0 Å². The third kappa shape index (κ3) is 1.71. The van der Waals surface area contributed by atoms with Crippen LogP contribution in [0.25, 0.3) is 0 Å². The van der Waals surface area contributed by atoms with Crippen molar-refractivity contribution in [3.63, 3.8) is 0 Å². The summed E-state index contributed by atoms with van der Waals surface area (Å²) >= 11 is 0. The maximum atomic E-state index is 8.81. The van der Waals surface area contributed by atoms with E-state index in [-0.39, 0.29) is 6.61 Å². The first-order valence-electron chi connectivity index (χ1n) is 3.71. The van der Waals surface area contributed by atoms with Crippen LogP contribution in [0.3, 0.4) is 0 Å². The molecule has 0 fully saturated rings. The van der Waals surface area contributed by atoms with Gasteiger partial charge < -0.3 is 5.11 Å². The van der Waals surface area contributed by atoms with Gasteiger partial charge in [-0.05, 0) is 24.8 Å². The summed E-state index contributed by atoms with van der Waals surface area (Å²) in [5, 5.41) is 8.81. The van der Waals surface area contributed by atoms with Crippen molar-refractivity contribution in [3.05, 3.63) is 23.3 Å². The van der Waals surface area contributed by atoms with E-state index in [4.69, 9.17) is 5.11 Å². The Morgan fingerprint density at radius 2 is 2.40 bits per heavy atom. The Balaban J connectivity index is 2.72. The van der Waals surface area contributed by atoms with Crippen molar-refractivity contribution in [1.82, 2.24) is 0 Å². The molecule has 1 N–H and O–H groups in total. The molecule has 0 aliphatic heterocycles. The van der Waals surface area contributed by atoms with Crippen molar-refractivity contribution in [2.45, 2.75) is 20.3 Å². The molecular weight excluding hydrogens is 124 g/mol. The molecule has 1 nitrogen and oxygen atoms in total. The molecule has 0 bridgehead atoms. The minimum Gasteiger partial charge on any atom is -0.392 e. The molecule has 0 aromatic carbocycles. The van der Waals surface area contributed by atoms with Gasteiger partial charge in [0.05, 0.1) is 6.61 Å². The van der Waals surface area contributed by atoms with Crippen molar-refractivity contribution in [1.29, 1.82) is 0 Å². The Morgan fingerprint density at radius 1 is 1.70 bits per heavy atom. The van der Waals surface area contributed by atoms with Gasteiger partial charge in [0.25, 0.3) is 0 Å². The number of rotatable bonds is 1. The lowest BCUT2D eigenvalue weighted by molar-refractivity contribution is 0.333. The zero-order valence-corrected chi connectivity index (χ0v) is 6.59. The molecule has 0 heterocycles. The Bertz CT molecular complexity index is 177. The van der Waals surface area contributed by atoms with Gasteiger partial charge in [0, 0.05) is 0 Å². The quantitative estimate of drug-likeness (QED) is 0.586. The van der Waals surface area contributed by atoms with Crippen LogP contribution in [0.15, 0.2) is 23.3 Å². The summed E-state index contributed by atoms with van der Waals surface area (Å²) in [6.45, 7) is 4.47. The fourth-order valence-electron chi connectivity index (χ4n) is 1.45. The summed E-state index contributed by atoms with van der Waals surface area (Å²) in [7, 11) is 0. The molecular formula is C9H14O. The molecule has 1 aliphatic rings. The zero-order chi connectivity index (χ0) is 7.56. The minimum absolute atomic E-state index is 0.182. The molecule has 1 atom stereocenters. The molecule has 1 aliphatic carbocycles. The molecule has 0 aromatic rings. The van der Waals surface area contributed by atoms with Crippen molar-refractivity contribution in [2.75, 3.05) is 6.61 Å². The largest absolute Gasteiger partial charge is 0.392 e. The van der Waals surface area contributed by atoms with Gasteiger partial charge in [0.2, 0.25) is 0 Å². The highest BCUT2D eigenvalue weighted by Gasteiger charge is 2.06. The summed E-state index contributed by atoms with van der Waals surface area (Å²) in [5.74, 6) is 0.604. The van der Waals surface area contributed by atoms with E-state index in [1.54, 1.807) is 0 Å². The van der Waals surface area contributed by atoms with E-state index in [2.05, 4.69) is 26.0 Å². The maximum Gasteiger partial charge on any atom is 0.0678 e. The first kappa shape index (κ1) is 7.55. The molecule has 1 rings (SSSR count). The first-order valence-corrected chi connectivity index (χ1v) is 3.71. The van der Waals surface area contributed by atoms with Crippen molar-refractivity contribution < 1.29 is 5.11 Å². The van der Waals surface area contributed by atoms with Gasteiger partial charge in [0.1, 0.15) is 0 Å². The van der Waals surface area contributed by atoms with Crippen molar-refractivity contribution >= 4 is 0 Å². The minimum atomic E-state index is 0.182. The standard InChI is InChI=1S/C9H14O/c1-7-3-8(2)5-9(4-7)6-10/h4-5,7,10H,3,6H2,1-2H3. The summed E-state index contributed by atoms with van der Waals surface area (Å²) < 4.78 is 0. The highest BCUT2D eigenvalue weighted by molar-refractivity contribution is 5.28. The Hall–Kier alpha value is -0.560. The predicted octanol–water partition coefficient (Wildman–Crippen LogP) is 1.89. The van der Waals surface area contributed by atoms with Crippen LogP contribution in [0, 0.1) is 5.92 Å². The summed E-state index contributed by atoms with van der Waals surface area (Å²) in [4.78, 5) is 0. The van der Waals surface area contributed by atoms with E-state index in [9.17, 15) is 0 Å². The lowest BCUT2D eigenvalue weighted by atomic mass is 9.93. The van der Waals surface area contributed by atoms with Crippen LogP contribution in [-0.4, -0.2) is 11.7 Å². The number of hydrogen-bond donors (Lipinski definition) is 1. The van der Waals surface area contributed by atoms with Crippen LogP contribution in [-0.2, 0) is 0 Å².